The molecular formula is C39H37N. The molecule has 0 aliphatic carbocycles. The summed E-state index contributed by atoms with van der Waals surface area (Å²) < 4.78 is 0. The summed E-state index contributed by atoms with van der Waals surface area (Å²) in [7, 11) is 0. The van der Waals surface area contributed by atoms with Crippen LogP contribution in [0.3, 0.4) is 0 Å². The molecule has 0 aromatic heterocycles. The summed E-state index contributed by atoms with van der Waals surface area (Å²) in [5, 5.41) is 0. The Kier molecular flexibility index (Phi) is 8.12. The smallest absolute Gasteiger partial charge is 0.0525 e. The van der Waals surface area contributed by atoms with E-state index in [-0.39, 0.29) is 0 Å². The van der Waals surface area contributed by atoms with Crippen molar-refractivity contribution in [3.8, 4) is 0 Å². The zero-order valence-corrected chi connectivity index (χ0v) is 24.1. The fourth-order valence-electron chi connectivity index (χ4n) is 5.21. The summed E-state index contributed by atoms with van der Waals surface area (Å²) in [6, 6.07) is 38.6. The van der Waals surface area contributed by atoms with Gasteiger partial charge in [-0.25, -0.2) is 0 Å². The largest absolute Gasteiger partial charge is 0.310 e. The molecule has 0 saturated heterocycles. The van der Waals surface area contributed by atoms with Crippen molar-refractivity contribution in [1.82, 2.24) is 0 Å². The van der Waals surface area contributed by atoms with Gasteiger partial charge in [0.15, 0.2) is 0 Å². The fraction of sp³-hybridized carbons (Fsp3) is 0.128. The van der Waals surface area contributed by atoms with Crippen LogP contribution in [0, 0.1) is 34.6 Å². The normalized spacial score (nSPS) is 11.4. The highest BCUT2D eigenvalue weighted by Gasteiger charge is 2.21. The Balaban J connectivity index is 1.54. The Labute approximate surface area is 239 Å². The Hall–Kier alpha value is -4.62. The van der Waals surface area contributed by atoms with Gasteiger partial charge in [-0.2, -0.15) is 0 Å². The second kappa shape index (κ2) is 12.1. The molecular weight excluding hydrogens is 482 g/mol. The van der Waals surface area contributed by atoms with E-state index in [0.29, 0.717) is 0 Å². The highest BCUT2D eigenvalue weighted by atomic mass is 15.1. The van der Waals surface area contributed by atoms with Gasteiger partial charge < -0.3 is 4.90 Å². The molecule has 0 aliphatic rings. The van der Waals surface area contributed by atoms with Crippen LogP contribution < -0.4 is 4.90 Å². The molecule has 5 aromatic rings. The summed E-state index contributed by atoms with van der Waals surface area (Å²) in [4.78, 5) is 2.42. The Bertz CT molecular complexity index is 1520. The number of benzene rings is 5. The average Bonchev–Trinajstić information content (AvgIpc) is 3.01. The molecule has 1 nitrogen and oxygen atoms in total. The van der Waals surface area contributed by atoms with Crippen LogP contribution >= 0.6 is 0 Å². The van der Waals surface area contributed by atoms with E-state index in [4.69, 9.17) is 0 Å². The quantitative estimate of drug-likeness (QED) is 0.193. The minimum absolute atomic E-state index is 1.15. The second-order valence-electron chi connectivity index (χ2n) is 10.5. The van der Waals surface area contributed by atoms with E-state index in [1.54, 1.807) is 0 Å². The zero-order chi connectivity index (χ0) is 28.1. The third kappa shape index (κ3) is 5.84. The molecule has 0 amide bonds. The SMILES string of the molecule is Cc1c(C)c(C)c(N(c2ccc(/C=C/c3ccccc3)cc2)c2ccc(/C=C/c3ccccc3)cc2)c(C)c1C. The molecule has 0 radical (unpaired) electrons. The van der Waals surface area contributed by atoms with E-state index >= 15 is 0 Å². The molecule has 0 fully saturated rings. The number of hydrogen-bond acceptors (Lipinski definition) is 1. The van der Waals surface area contributed by atoms with Gasteiger partial charge in [-0.1, -0.05) is 109 Å². The summed E-state index contributed by atoms with van der Waals surface area (Å²) in [6.45, 7) is 11.2. The maximum absolute atomic E-state index is 2.42. The predicted molar refractivity (Wildman–Crippen MR) is 176 cm³/mol. The monoisotopic (exact) mass is 519 g/mol. The lowest BCUT2D eigenvalue weighted by atomic mass is 9.91. The lowest BCUT2D eigenvalue weighted by molar-refractivity contribution is 1.13. The molecule has 0 atom stereocenters. The summed E-state index contributed by atoms with van der Waals surface area (Å²) >= 11 is 0. The van der Waals surface area contributed by atoms with E-state index in [0.717, 1.165) is 11.4 Å². The fourth-order valence-corrected chi connectivity index (χ4v) is 5.21. The lowest BCUT2D eigenvalue weighted by Gasteiger charge is -2.31. The Morgan fingerprint density at radius 1 is 0.350 bits per heavy atom. The van der Waals surface area contributed by atoms with Crippen LogP contribution in [-0.2, 0) is 0 Å². The Morgan fingerprint density at radius 3 is 1.00 bits per heavy atom. The molecule has 1 heteroatoms. The van der Waals surface area contributed by atoms with Gasteiger partial charge in [0.25, 0.3) is 0 Å². The predicted octanol–water partition coefficient (Wildman–Crippen LogP) is 11.0. The van der Waals surface area contributed by atoms with E-state index in [1.807, 2.05) is 12.1 Å². The van der Waals surface area contributed by atoms with Gasteiger partial charge in [0, 0.05) is 11.4 Å². The van der Waals surface area contributed by atoms with Crippen LogP contribution in [0.15, 0.2) is 109 Å². The number of nitrogens with zero attached hydrogens (tertiary/aromatic N) is 1. The zero-order valence-electron chi connectivity index (χ0n) is 24.1. The van der Waals surface area contributed by atoms with Crippen molar-refractivity contribution >= 4 is 41.4 Å². The molecule has 198 valence electrons. The van der Waals surface area contributed by atoms with Crippen LogP contribution in [0.1, 0.15) is 50.1 Å². The van der Waals surface area contributed by atoms with Crippen LogP contribution in [-0.4, -0.2) is 0 Å². The van der Waals surface area contributed by atoms with Gasteiger partial charge in [-0.15, -0.1) is 0 Å². The van der Waals surface area contributed by atoms with Crippen molar-refractivity contribution in [3.05, 3.63) is 159 Å². The van der Waals surface area contributed by atoms with E-state index in [9.17, 15) is 0 Å². The standard InChI is InChI=1S/C39H37N/c1-28-29(2)31(4)39(32(5)30(28)3)40(37-24-20-35(21-25-37)18-16-33-12-8-6-9-13-33)38-26-22-36(23-27-38)19-17-34-14-10-7-11-15-34/h6-27H,1-5H3/b18-16+,19-17+. The van der Waals surface area contributed by atoms with Crippen molar-refractivity contribution in [2.24, 2.45) is 0 Å². The molecule has 0 N–H and O–H groups in total. The third-order valence-corrected chi connectivity index (χ3v) is 8.02. The first kappa shape index (κ1) is 27.0. The molecule has 5 aromatic carbocycles. The molecule has 0 saturated carbocycles. The van der Waals surface area contributed by atoms with Crippen molar-refractivity contribution in [2.75, 3.05) is 4.90 Å². The van der Waals surface area contributed by atoms with Crippen LogP contribution in [0.5, 0.6) is 0 Å². The number of anilines is 3. The molecule has 0 spiro atoms. The van der Waals surface area contributed by atoms with Crippen LogP contribution in [0.4, 0.5) is 17.1 Å². The molecule has 5 rings (SSSR count). The third-order valence-electron chi connectivity index (χ3n) is 8.02. The van der Waals surface area contributed by atoms with Crippen molar-refractivity contribution < 1.29 is 0 Å². The van der Waals surface area contributed by atoms with Crippen molar-refractivity contribution in [2.45, 2.75) is 34.6 Å². The maximum Gasteiger partial charge on any atom is 0.0525 e. The van der Waals surface area contributed by atoms with Gasteiger partial charge in [-0.3, -0.25) is 0 Å². The first-order valence-corrected chi connectivity index (χ1v) is 14.0. The highest BCUT2D eigenvalue weighted by Crippen LogP contribution is 2.42. The molecule has 40 heavy (non-hydrogen) atoms. The minimum atomic E-state index is 1.15. The lowest BCUT2D eigenvalue weighted by Crippen LogP contribution is -2.15. The van der Waals surface area contributed by atoms with Gasteiger partial charge in [-0.05, 0) is 109 Å². The Morgan fingerprint density at radius 2 is 0.650 bits per heavy atom. The van der Waals surface area contributed by atoms with Gasteiger partial charge in [0.2, 0.25) is 0 Å². The molecule has 0 aliphatic heterocycles. The van der Waals surface area contributed by atoms with E-state index in [1.165, 1.54) is 55.8 Å². The van der Waals surface area contributed by atoms with Crippen LogP contribution in [0.2, 0.25) is 0 Å². The van der Waals surface area contributed by atoms with Crippen molar-refractivity contribution in [3.63, 3.8) is 0 Å². The molecule has 0 heterocycles. The number of rotatable bonds is 7. The van der Waals surface area contributed by atoms with Crippen molar-refractivity contribution in [1.29, 1.82) is 0 Å². The summed E-state index contributed by atoms with van der Waals surface area (Å²) in [5.74, 6) is 0. The van der Waals surface area contributed by atoms with E-state index in [2.05, 4.69) is 161 Å². The van der Waals surface area contributed by atoms with Gasteiger partial charge in [0.1, 0.15) is 0 Å². The maximum atomic E-state index is 2.42. The first-order chi connectivity index (χ1) is 19.4. The average molecular weight is 520 g/mol. The summed E-state index contributed by atoms with van der Waals surface area (Å²) in [5.41, 5.74) is 15.1. The first-order valence-electron chi connectivity index (χ1n) is 14.0. The van der Waals surface area contributed by atoms with E-state index < -0.39 is 0 Å². The van der Waals surface area contributed by atoms with Gasteiger partial charge in [0.05, 0.1) is 5.69 Å². The second-order valence-corrected chi connectivity index (χ2v) is 10.5. The highest BCUT2D eigenvalue weighted by molar-refractivity contribution is 5.84. The summed E-state index contributed by atoms with van der Waals surface area (Å²) in [6.07, 6.45) is 8.67. The molecule has 0 bridgehead atoms. The van der Waals surface area contributed by atoms with Crippen LogP contribution in [0.25, 0.3) is 24.3 Å². The molecule has 0 unspecified atom stereocenters. The van der Waals surface area contributed by atoms with Gasteiger partial charge >= 0.3 is 0 Å². The number of hydrogen-bond donors (Lipinski definition) is 0. The minimum Gasteiger partial charge on any atom is -0.310 e. The topological polar surface area (TPSA) is 3.24 Å².